The van der Waals surface area contributed by atoms with Crippen LogP contribution in [-0.2, 0) is 19.1 Å². The summed E-state index contributed by atoms with van der Waals surface area (Å²) in [5.74, 6) is -4.15. The summed E-state index contributed by atoms with van der Waals surface area (Å²) in [5, 5.41) is 0. The average molecular weight is 307 g/mol. The van der Waals surface area contributed by atoms with Crippen LogP contribution in [0.15, 0.2) is 24.3 Å². The van der Waals surface area contributed by atoms with Crippen molar-refractivity contribution < 1.29 is 23.9 Å². The van der Waals surface area contributed by atoms with E-state index in [-0.39, 0.29) is 12.2 Å². The predicted octanol–water partition coefficient (Wildman–Crippen LogP) is 1.97. The van der Waals surface area contributed by atoms with E-state index in [4.69, 9.17) is 15.2 Å². The number of carbonyl (C=O) groups is 3. The number of nitrogen functional groups attached to an aromatic ring is 1. The summed E-state index contributed by atoms with van der Waals surface area (Å²) in [7, 11) is 0. The lowest BCUT2D eigenvalue weighted by Crippen LogP contribution is -2.38. The lowest BCUT2D eigenvalue weighted by Gasteiger charge is -2.22. The van der Waals surface area contributed by atoms with Gasteiger partial charge in [0.1, 0.15) is 5.60 Å². The molecule has 0 amide bonds. The predicted molar refractivity (Wildman–Crippen MR) is 81.2 cm³/mol. The second-order valence-corrected chi connectivity index (χ2v) is 5.70. The van der Waals surface area contributed by atoms with Gasteiger partial charge in [-0.15, -0.1) is 0 Å². The van der Waals surface area contributed by atoms with Crippen LogP contribution >= 0.6 is 0 Å². The maximum Gasteiger partial charge on any atom is 0.328 e. The van der Waals surface area contributed by atoms with Gasteiger partial charge in [-0.05, 0) is 52.0 Å². The molecule has 0 aliphatic carbocycles. The minimum atomic E-state index is -1.64. The van der Waals surface area contributed by atoms with Gasteiger partial charge in [0.15, 0.2) is 5.78 Å². The molecule has 6 nitrogen and oxygen atoms in total. The number of ether oxygens (including phenoxy) is 2. The molecule has 1 atom stereocenters. The molecule has 0 fully saturated rings. The van der Waals surface area contributed by atoms with Gasteiger partial charge in [0.2, 0.25) is 5.92 Å². The third-order valence-electron chi connectivity index (χ3n) is 2.62. The van der Waals surface area contributed by atoms with Crippen molar-refractivity contribution in [3.05, 3.63) is 29.8 Å². The molecule has 0 saturated heterocycles. The molecule has 0 bridgehead atoms. The molecule has 0 aliphatic heterocycles. The van der Waals surface area contributed by atoms with Crippen LogP contribution in [0.3, 0.4) is 0 Å². The fraction of sp³-hybridized carbons (Fsp3) is 0.438. The average Bonchev–Trinajstić information content (AvgIpc) is 2.37. The zero-order valence-corrected chi connectivity index (χ0v) is 13.2. The molecule has 0 spiro atoms. The molecule has 0 saturated carbocycles. The highest BCUT2D eigenvalue weighted by Crippen LogP contribution is 2.18. The van der Waals surface area contributed by atoms with Crippen molar-refractivity contribution in [1.82, 2.24) is 0 Å². The highest BCUT2D eigenvalue weighted by atomic mass is 16.6. The minimum absolute atomic E-state index is 0.0626. The minimum Gasteiger partial charge on any atom is -0.465 e. The first kappa shape index (κ1) is 17.7. The molecule has 22 heavy (non-hydrogen) atoms. The van der Waals surface area contributed by atoms with Crippen molar-refractivity contribution in [3.8, 4) is 0 Å². The van der Waals surface area contributed by atoms with Gasteiger partial charge < -0.3 is 15.2 Å². The molecular formula is C16H21NO5. The van der Waals surface area contributed by atoms with E-state index in [0.717, 1.165) is 0 Å². The summed E-state index contributed by atoms with van der Waals surface area (Å²) in [6, 6.07) is 5.94. The normalized spacial score (nSPS) is 12.4. The standard InChI is InChI=1S/C16H21NO5/c1-5-21-14(19)12(15(20)22-16(2,3)4)13(18)10-6-8-11(17)9-7-10/h6-9,12H,5,17H2,1-4H3. The molecule has 0 radical (unpaired) electrons. The topological polar surface area (TPSA) is 95.7 Å². The van der Waals surface area contributed by atoms with Gasteiger partial charge in [0.05, 0.1) is 6.61 Å². The first-order valence-corrected chi connectivity index (χ1v) is 6.95. The van der Waals surface area contributed by atoms with Gasteiger partial charge in [-0.2, -0.15) is 0 Å². The number of hydrogen-bond acceptors (Lipinski definition) is 6. The van der Waals surface area contributed by atoms with Crippen molar-refractivity contribution in [3.63, 3.8) is 0 Å². The number of Topliss-reactive ketones (excluding diaryl/α,β-unsaturated/α-hetero) is 1. The second kappa shape index (κ2) is 7.06. The zero-order valence-electron chi connectivity index (χ0n) is 13.2. The van der Waals surface area contributed by atoms with Gasteiger partial charge >= 0.3 is 11.9 Å². The van der Waals surface area contributed by atoms with Crippen molar-refractivity contribution in [2.45, 2.75) is 33.3 Å². The van der Waals surface area contributed by atoms with Crippen LogP contribution < -0.4 is 5.73 Å². The molecule has 1 unspecified atom stereocenters. The number of carbonyl (C=O) groups excluding carboxylic acids is 3. The summed E-state index contributed by atoms with van der Waals surface area (Å²) in [6.07, 6.45) is 0. The Balaban J connectivity index is 3.09. The summed E-state index contributed by atoms with van der Waals surface area (Å²) in [4.78, 5) is 36.6. The lowest BCUT2D eigenvalue weighted by molar-refractivity contribution is -0.166. The number of esters is 2. The number of nitrogens with two attached hydrogens (primary N) is 1. The van der Waals surface area contributed by atoms with E-state index >= 15 is 0 Å². The zero-order chi connectivity index (χ0) is 16.9. The van der Waals surface area contributed by atoms with Crippen molar-refractivity contribution >= 4 is 23.4 Å². The fourth-order valence-electron chi connectivity index (χ4n) is 1.71. The first-order chi connectivity index (χ1) is 10.2. The quantitative estimate of drug-likeness (QED) is 0.387. The number of hydrogen-bond donors (Lipinski definition) is 1. The van der Waals surface area contributed by atoms with Crippen LogP contribution in [-0.4, -0.2) is 29.9 Å². The molecule has 6 heteroatoms. The highest BCUT2D eigenvalue weighted by Gasteiger charge is 2.39. The largest absolute Gasteiger partial charge is 0.465 e. The van der Waals surface area contributed by atoms with Gasteiger partial charge in [-0.25, -0.2) is 0 Å². The highest BCUT2D eigenvalue weighted by molar-refractivity contribution is 6.20. The van der Waals surface area contributed by atoms with Crippen LogP contribution in [0.4, 0.5) is 5.69 Å². The third-order valence-corrected chi connectivity index (χ3v) is 2.62. The molecule has 1 rings (SSSR count). The van der Waals surface area contributed by atoms with Gasteiger partial charge in [0.25, 0.3) is 0 Å². The van der Waals surface area contributed by atoms with E-state index in [1.54, 1.807) is 27.7 Å². The summed E-state index contributed by atoms with van der Waals surface area (Å²) in [5.41, 5.74) is 5.41. The van der Waals surface area contributed by atoms with E-state index < -0.39 is 29.2 Å². The van der Waals surface area contributed by atoms with Gasteiger partial charge in [-0.1, -0.05) is 0 Å². The maximum absolute atomic E-state index is 12.5. The Morgan fingerprint density at radius 3 is 2.09 bits per heavy atom. The van der Waals surface area contributed by atoms with E-state index in [2.05, 4.69) is 0 Å². The van der Waals surface area contributed by atoms with Crippen molar-refractivity contribution in [2.75, 3.05) is 12.3 Å². The monoisotopic (exact) mass is 307 g/mol. The molecule has 120 valence electrons. The molecule has 0 aliphatic rings. The van der Waals surface area contributed by atoms with E-state index in [1.165, 1.54) is 24.3 Å². The Morgan fingerprint density at radius 2 is 1.64 bits per heavy atom. The van der Waals surface area contributed by atoms with Crippen molar-refractivity contribution in [1.29, 1.82) is 0 Å². The van der Waals surface area contributed by atoms with Gasteiger partial charge in [-0.3, -0.25) is 14.4 Å². The Morgan fingerprint density at radius 1 is 1.09 bits per heavy atom. The van der Waals surface area contributed by atoms with Crippen molar-refractivity contribution in [2.24, 2.45) is 5.92 Å². The molecule has 0 heterocycles. The Labute approximate surface area is 129 Å². The van der Waals surface area contributed by atoms with E-state index in [0.29, 0.717) is 5.69 Å². The number of benzene rings is 1. The molecule has 1 aromatic carbocycles. The Bertz CT molecular complexity index is 557. The van der Waals surface area contributed by atoms with E-state index in [1.807, 2.05) is 0 Å². The molecular weight excluding hydrogens is 286 g/mol. The number of ketones is 1. The van der Waals surface area contributed by atoms with Crippen LogP contribution in [0.2, 0.25) is 0 Å². The summed E-state index contributed by atoms with van der Waals surface area (Å²) < 4.78 is 9.97. The maximum atomic E-state index is 12.5. The van der Waals surface area contributed by atoms with Crippen LogP contribution in [0, 0.1) is 5.92 Å². The number of anilines is 1. The molecule has 2 N–H and O–H groups in total. The fourth-order valence-corrected chi connectivity index (χ4v) is 1.71. The van der Waals surface area contributed by atoms with Gasteiger partial charge in [0, 0.05) is 11.3 Å². The lowest BCUT2D eigenvalue weighted by atomic mass is 9.97. The van der Waals surface area contributed by atoms with Crippen LogP contribution in [0.25, 0.3) is 0 Å². The molecule has 0 aromatic heterocycles. The summed E-state index contributed by atoms with van der Waals surface area (Å²) in [6.45, 7) is 6.62. The second-order valence-electron chi connectivity index (χ2n) is 5.70. The summed E-state index contributed by atoms with van der Waals surface area (Å²) >= 11 is 0. The van der Waals surface area contributed by atoms with Crippen LogP contribution in [0.5, 0.6) is 0 Å². The molecule has 1 aromatic rings. The first-order valence-electron chi connectivity index (χ1n) is 6.95. The van der Waals surface area contributed by atoms with E-state index in [9.17, 15) is 14.4 Å². The smallest absolute Gasteiger partial charge is 0.328 e. The Kier molecular flexibility index (Phi) is 5.68. The Hall–Kier alpha value is -2.37. The third kappa shape index (κ3) is 4.87. The van der Waals surface area contributed by atoms with Crippen LogP contribution in [0.1, 0.15) is 38.1 Å². The SMILES string of the molecule is CCOC(=O)C(C(=O)OC(C)(C)C)C(=O)c1ccc(N)cc1. The number of rotatable bonds is 5.